The highest BCUT2D eigenvalue weighted by molar-refractivity contribution is 5.86. The van der Waals surface area contributed by atoms with Crippen LogP contribution in [0.3, 0.4) is 0 Å². The Hall–Kier alpha value is -1.65. The predicted molar refractivity (Wildman–Crippen MR) is 48.0 cm³/mol. The first-order valence-electron chi connectivity index (χ1n) is 3.20. The molecule has 0 heterocycles. The van der Waals surface area contributed by atoms with Gasteiger partial charge in [-0.3, -0.25) is 4.79 Å². The first-order chi connectivity index (χ1) is 5.58. The molecule has 0 spiro atoms. The van der Waals surface area contributed by atoms with Crippen molar-refractivity contribution in [2.75, 3.05) is 7.05 Å². The van der Waals surface area contributed by atoms with Crippen LogP contribution < -0.4 is 11.1 Å². The van der Waals surface area contributed by atoms with E-state index in [4.69, 9.17) is 0 Å². The molecule has 0 saturated carbocycles. The molecule has 0 aliphatic carbocycles. The lowest BCUT2D eigenvalue weighted by Gasteiger charge is -1.82. The number of amides is 3. The zero-order valence-electron chi connectivity index (χ0n) is 7.20. The van der Waals surface area contributed by atoms with Gasteiger partial charge in [0.05, 0.1) is 0 Å². The molecule has 3 N–H and O–H groups in total. The van der Waals surface area contributed by atoms with Crippen LogP contribution in [-0.4, -0.2) is 25.2 Å². The molecule has 0 aromatic heterocycles. The molecular formula is C7H13N3O2. The minimum absolute atomic E-state index is 0.144. The second-order valence-electron chi connectivity index (χ2n) is 1.54. The van der Waals surface area contributed by atoms with E-state index in [1.165, 1.54) is 12.3 Å². The quantitative estimate of drug-likeness (QED) is 0.432. The van der Waals surface area contributed by atoms with Crippen molar-refractivity contribution >= 4 is 18.2 Å². The summed E-state index contributed by atoms with van der Waals surface area (Å²) in [6.45, 7) is 4.85. The molecular weight excluding hydrogens is 158 g/mol. The molecule has 0 aliphatic heterocycles. The highest BCUT2D eigenvalue weighted by Gasteiger charge is 1.78. The Bertz CT molecular complexity index is 187. The molecule has 0 bridgehead atoms. The Balaban J connectivity index is 0. The van der Waals surface area contributed by atoms with Crippen molar-refractivity contribution in [3.05, 3.63) is 12.7 Å². The van der Waals surface area contributed by atoms with E-state index in [0.717, 1.165) is 0 Å². The fourth-order valence-corrected chi connectivity index (χ4v) is 0.229. The van der Waals surface area contributed by atoms with Gasteiger partial charge in [0, 0.05) is 13.3 Å². The van der Waals surface area contributed by atoms with Gasteiger partial charge in [-0.05, 0) is 13.0 Å². The molecule has 5 heteroatoms. The zero-order chi connectivity index (χ0) is 9.98. The van der Waals surface area contributed by atoms with E-state index in [0.29, 0.717) is 0 Å². The summed E-state index contributed by atoms with van der Waals surface area (Å²) in [7, 11) is 1.56. The summed E-state index contributed by atoms with van der Waals surface area (Å²) in [4.78, 5) is 22.7. The summed E-state index contributed by atoms with van der Waals surface area (Å²) in [6, 6.07) is -0.641. The van der Waals surface area contributed by atoms with E-state index in [9.17, 15) is 9.59 Å². The third kappa shape index (κ3) is 15.8. The highest BCUT2D eigenvalue weighted by atomic mass is 16.2. The number of aliphatic imine (C=N–C) groups is 1. The summed E-state index contributed by atoms with van der Waals surface area (Å²) in [5.41, 5.74) is 4.57. The van der Waals surface area contributed by atoms with E-state index >= 15 is 0 Å². The summed E-state index contributed by atoms with van der Waals surface area (Å²) in [5.74, 6) is -0.144. The van der Waals surface area contributed by atoms with Gasteiger partial charge in [-0.25, -0.2) is 9.79 Å². The second-order valence-corrected chi connectivity index (χ2v) is 1.54. The van der Waals surface area contributed by atoms with E-state index < -0.39 is 6.03 Å². The average Bonchev–Trinajstić information content (AvgIpc) is 2.04. The fourth-order valence-electron chi connectivity index (χ4n) is 0.229. The monoisotopic (exact) mass is 171 g/mol. The number of nitrogens with one attached hydrogen (secondary N) is 1. The minimum atomic E-state index is -0.641. The van der Waals surface area contributed by atoms with Crippen LogP contribution in [0, 0.1) is 0 Å². The Labute approximate surface area is 71.4 Å². The number of rotatable bonds is 1. The van der Waals surface area contributed by atoms with Crippen LogP contribution in [0.2, 0.25) is 0 Å². The Morgan fingerprint density at radius 2 is 2.08 bits per heavy atom. The lowest BCUT2D eigenvalue weighted by molar-refractivity contribution is -0.116. The van der Waals surface area contributed by atoms with Crippen molar-refractivity contribution in [1.82, 2.24) is 5.32 Å². The SMILES string of the molecule is C=CC(=O)NC.CC=NC(N)=O. The van der Waals surface area contributed by atoms with Crippen molar-refractivity contribution in [1.29, 1.82) is 0 Å². The molecule has 0 fully saturated rings. The molecule has 0 atom stereocenters. The molecule has 3 amide bonds. The molecule has 0 unspecified atom stereocenters. The van der Waals surface area contributed by atoms with Crippen molar-refractivity contribution < 1.29 is 9.59 Å². The Morgan fingerprint density at radius 3 is 2.08 bits per heavy atom. The number of nitrogens with zero attached hydrogens (tertiary/aromatic N) is 1. The van der Waals surface area contributed by atoms with Crippen molar-refractivity contribution in [2.24, 2.45) is 10.7 Å². The lowest BCUT2D eigenvalue weighted by atomic mass is 10.6. The number of hydrogen-bond acceptors (Lipinski definition) is 2. The van der Waals surface area contributed by atoms with Crippen molar-refractivity contribution in [2.45, 2.75) is 6.92 Å². The van der Waals surface area contributed by atoms with Gasteiger partial charge in [0.25, 0.3) is 0 Å². The maximum absolute atomic E-state index is 9.95. The molecule has 0 aromatic rings. The molecule has 0 radical (unpaired) electrons. The Kier molecular flexibility index (Phi) is 10.1. The number of urea groups is 1. The molecule has 0 rings (SSSR count). The van der Waals surface area contributed by atoms with Crippen LogP contribution in [0.4, 0.5) is 4.79 Å². The average molecular weight is 171 g/mol. The van der Waals surface area contributed by atoms with Gasteiger partial charge in [0.15, 0.2) is 0 Å². The largest absolute Gasteiger partial charge is 0.356 e. The molecule has 0 saturated heterocycles. The number of carbonyl (C=O) groups is 2. The van der Waals surface area contributed by atoms with Crippen LogP contribution in [0.25, 0.3) is 0 Å². The summed E-state index contributed by atoms with van der Waals surface area (Å²) in [6.07, 6.45) is 2.57. The van der Waals surface area contributed by atoms with Gasteiger partial charge in [0.1, 0.15) is 0 Å². The number of hydrogen-bond donors (Lipinski definition) is 2. The van der Waals surface area contributed by atoms with Gasteiger partial charge in [-0.1, -0.05) is 6.58 Å². The van der Waals surface area contributed by atoms with Gasteiger partial charge in [-0.15, -0.1) is 0 Å². The maximum Gasteiger partial charge on any atom is 0.337 e. The summed E-state index contributed by atoms with van der Waals surface area (Å²) < 4.78 is 0. The van der Waals surface area contributed by atoms with E-state index in [1.807, 2.05) is 0 Å². The normalized spacial score (nSPS) is 8.17. The predicted octanol–water partition coefficient (Wildman–Crippen LogP) is 0.0742. The standard InChI is InChI=1S/C4H7NO.C3H6N2O/c1-3-4(6)5-2;1-2-5-3(4)6/h3H,1H2,2H3,(H,5,6);2H,1H3,(H2,4,6). The molecule has 68 valence electrons. The van der Waals surface area contributed by atoms with Gasteiger partial charge >= 0.3 is 6.03 Å². The van der Waals surface area contributed by atoms with Crippen LogP contribution >= 0.6 is 0 Å². The first kappa shape index (κ1) is 13.0. The topological polar surface area (TPSA) is 84.6 Å². The smallest absolute Gasteiger partial charge is 0.337 e. The number of likely N-dealkylation sites (N-methyl/N-ethyl adjacent to an activating group) is 1. The molecule has 0 aliphatic rings. The van der Waals surface area contributed by atoms with E-state index in [-0.39, 0.29) is 5.91 Å². The lowest BCUT2D eigenvalue weighted by Crippen LogP contribution is -2.13. The highest BCUT2D eigenvalue weighted by Crippen LogP contribution is 1.59. The summed E-state index contributed by atoms with van der Waals surface area (Å²) >= 11 is 0. The van der Waals surface area contributed by atoms with Crippen LogP contribution in [0.5, 0.6) is 0 Å². The van der Waals surface area contributed by atoms with Gasteiger partial charge in [-0.2, -0.15) is 0 Å². The van der Waals surface area contributed by atoms with E-state index in [2.05, 4.69) is 22.6 Å². The van der Waals surface area contributed by atoms with Gasteiger partial charge in [0.2, 0.25) is 5.91 Å². The zero-order valence-corrected chi connectivity index (χ0v) is 7.20. The maximum atomic E-state index is 9.95. The van der Waals surface area contributed by atoms with E-state index in [1.54, 1.807) is 14.0 Å². The molecule has 0 aromatic carbocycles. The minimum Gasteiger partial charge on any atom is -0.356 e. The van der Waals surface area contributed by atoms with Gasteiger partial charge < -0.3 is 11.1 Å². The third-order valence-corrected chi connectivity index (χ3v) is 0.688. The third-order valence-electron chi connectivity index (χ3n) is 0.688. The number of primary amides is 1. The second kappa shape index (κ2) is 9.35. The summed E-state index contributed by atoms with van der Waals surface area (Å²) in [5, 5.41) is 2.36. The van der Waals surface area contributed by atoms with Crippen LogP contribution in [0.15, 0.2) is 17.6 Å². The van der Waals surface area contributed by atoms with Crippen molar-refractivity contribution in [3.8, 4) is 0 Å². The molecule has 12 heavy (non-hydrogen) atoms. The number of carbonyl (C=O) groups excluding carboxylic acids is 2. The fraction of sp³-hybridized carbons (Fsp3) is 0.286. The molecule has 5 nitrogen and oxygen atoms in total. The van der Waals surface area contributed by atoms with Crippen LogP contribution in [-0.2, 0) is 4.79 Å². The first-order valence-corrected chi connectivity index (χ1v) is 3.20. The Morgan fingerprint density at radius 1 is 1.58 bits per heavy atom. The van der Waals surface area contributed by atoms with Crippen LogP contribution in [0.1, 0.15) is 6.92 Å². The number of nitrogens with two attached hydrogens (primary N) is 1. The van der Waals surface area contributed by atoms with Crippen molar-refractivity contribution in [3.63, 3.8) is 0 Å².